The van der Waals surface area contributed by atoms with Gasteiger partial charge in [0.05, 0.1) is 19.9 Å². The fourth-order valence-electron chi connectivity index (χ4n) is 2.88. The molecule has 1 aromatic heterocycles. The molecule has 150 valence electrons. The third kappa shape index (κ3) is 3.87. The fraction of sp³-hybridized carbons (Fsp3) is 0.190. The van der Waals surface area contributed by atoms with E-state index in [1.807, 2.05) is 0 Å². The minimum Gasteiger partial charge on any atom is -0.465 e. The maximum Gasteiger partial charge on any atom is 0.357 e. The minimum atomic E-state index is -3.01. The van der Waals surface area contributed by atoms with E-state index in [-0.39, 0.29) is 22.5 Å². The summed E-state index contributed by atoms with van der Waals surface area (Å²) in [6.45, 7) is 0.793. The maximum absolute atomic E-state index is 13.5. The summed E-state index contributed by atoms with van der Waals surface area (Å²) >= 11 is 0. The smallest absolute Gasteiger partial charge is 0.357 e. The number of carbonyl (C=O) groups is 2. The second kappa shape index (κ2) is 7.83. The molecule has 0 spiro atoms. The van der Waals surface area contributed by atoms with Crippen molar-refractivity contribution < 1.29 is 27.8 Å². The van der Waals surface area contributed by atoms with Crippen LogP contribution < -0.4 is 0 Å². The minimum absolute atomic E-state index is 0.112. The van der Waals surface area contributed by atoms with Crippen LogP contribution in [0.5, 0.6) is 0 Å². The largest absolute Gasteiger partial charge is 0.465 e. The Morgan fingerprint density at radius 1 is 0.931 bits per heavy atom. The normalized spacial score (nSPS) is 11.2. The first kappa shape index (κ1) is 20.2. The van der Waals surface area contributed by atoms with Gasteiger partial charge in [0, 0.05) is 18.1 Å². The van der Waals surface area contributed by atoms with Gasteiger partial charge < -0.3 is 9.47 Å². The van der Waals surface area contributed by atoms with Gasteiger partial charge >= 0.3 is 11.9 Å². The average molecular weight is 400 g/mol. The zero-order valence-corrected chi connectivity index (χ0v) is 16.0. The van der Waals surface area contributed by atoms with Crippen molar-refractivity contribution in [3.8, 4) is 16.9 Å². The average Bonchev–Trinajstić information content (AvgIpc) is 3.13. The molecular weight excluding hydrogens is 382 g/mol. The van der Waals surface area contributed by atoms with Crippen molar-refractivity contribution in [3.05, 3.63) is 71.4 Å². The van der Waals surface area contributed by atoms with E-state index in [4.69, 9.17) is 9.47 Å². The quantitative estimate of drug-likeness (QED) is 0.600. The van der Waals surface area contributed by atoms with Crippen molar-refractivity contribution in [3.63, 3.8) is 0 Å². The number of aromatic nitrogens is 2. The van der Waals surface area contributed by atoms with Gasteiger partial charge in [-0.25, -0.2) is 23.1 Å². The Morgan fingerprint density at radius 2 is 1.52 bits per heavy atom. The molecule has 0 aliphatic carbocycles. The highest BCUT2D eigenvalue weighted by molar-refractivity contribution is 6.06. The van der Waals surface area contributed by atoms with Crippen LogP contribution >= 0.6 is 0 Å². The van der Waals surface area contributed by atoms with Gasteiger partial charge in [-0.2, -0.15) is 5.10 Å². The van der Waals surface area contributed by atoms with E-state index in [0.29, 0.717) is 11.3 Å². The molecule has 0 aliphatic heterocycles. The Balaban J connectivity index is 2.27. The Hall–Kier alpha value is -3.55. The lowest BCUT2D eigenvalue weighted by molar-refractivity contribution is 0.0174. The third-order valence-electron chi connectivity index (χ3n) is 4.32. The summed E-state index contributed by atoms with van der Waals surface area (Å²) in [7, 11) is 2.36. The predicted molar refractivity (Wildman–Crippen MR) is 101 cm³/mol. The van der Waals surface area contributed by atoms with E-state index in [1.54, 1.807) is 30.3 Å². The summed E-state index contributed by atoms with van der Waals surface area (Å²) < 4.78 is 38.0. The molecular formula is C21H18F2N2O4. The highest BCUT2D eigenvalue weighted by Gasteiger charge is 2.31. The molecule has 2 aromatic carbocycles. The molecule has 0 aliphatic rings. The van der Waals surface area contributed by atoms with Gasteiger partial charge in [-0.3, -0.25) is 0 Å². The van der Waals surface area contributed by atoms with Gasteiger partial charge in [0.25, 0.3) is 5.92 Å². The van der Waals surface area contributed by atoms with E-state index in [1.165, 1.54) is 43.2 Å². The molecule has 0 saturated heterocycles. The monoisotopic (exact) mass is 400 g/mol. The van der Waals surface area contributed by atoms with Gasteiger partial charge in [0.2, 0.25) is 0 Å². The second-order valence-electron chi connectivity index (χ2n) is 6.27. The van der Waals surface area contributed by atoms with Gasteiger partial charge in [-0.15, -0.1) is 0 Å². The lowest BCUT2D eigenvalue weighted by Gasteiger charge is -2.10. The van der Waals surface area contributed by atoms with E-state index in [2.05, 4.69) is 5.10 Å². The number of para-hydroxylation sites is 1. The number of hydrogen-bond donors (Lipinski definition) is 0. The Morgan fingerprint density at radius 3 is 2.03 bits per heavy atom. The van der Waals surface area contributed by atoms with Crippen LogP contribution in [0.2, 0.25) is 0 Å². The fourth-order valence-corrected chi connectivity index (χ4v) is 2.88. The molecule has 0 unspecified atom stereocenters. The number of esters is 2. The number of alkyl halides is 2. The molecule has 0 radical (unpaired) electrons. The number of carbonyl (C=O) groups excluding carboxylic acids is 2. The van der Waals surface area contributed by atoms with E-state index in [9.17, 15) is 18.4 Å². The number of rotatable bonds is 5. The van der Waals surface area contributed by atoms with E-state index >= 15 is 0 Å². The van der Waals surface area contributed by atoms with Crippen LogP contribution in [0.4, 0.5) is 8.78 Å². The van der Waals surface area contributed by atoms with E-state index in [0.717, 1.165) is 6.92 Å². The Kier molecular flexibility index (Phi) is 5.45. The highest BCUT2D eigenvalue weighted by atomic mass is 19.3. The Bertz CT molecular complexity index is 1040. The molecule has 3 rings (SSSR count). The summed E-state index contributed by atoms with van der Waals surface area (Å²) in [5, 5.41) is 4.41. The molecule has 0 N–H and O–H groups in total. The maximum atomic E-state index is 13.5. The number of halogens is 2. The SMILES string of the molecule is COC(=O)c1c(-c2ccc(C(C)(F)F)cc2)nn(-c2ccccc2)c1C(=O)OC. The van der Waals surface area contributed by atoms with Gasteiger partial charge in [-0.1, -0.05) is 42.5 Å². The lowest BCUT2D eigenvalue weighted by Crippen LogP contribution is -2.15. The van der Waals surface area contributed by atoms with Crippen LogP contribution in [0.15, 0.2) is 54.6 Å². The number of nitrogens with zero attached hydrogens (tertiary/aromatic N) is 2. The van der Waals surface area contributed by atoms with Crippen LogP contribution in [0, 0.1) is 0 Å². The molecule has 29 heavy (non-hydrogen) atoms. The zero-order chi connectivity index (χ0) is 21.2. The highest BCUT2D eigenvalue weighted by Crippen LogP contribution is 2.32. The van der Waals surface area contributed by atoms with Crippen LogP contribution in [-0.4, -0.2) is 35.9 Å². The van der Waals surface area contributed by atoms with Gasteiger partial charge in [0.15, 0.2) is 5.69 Å². The van der Waals surface area contributed by atoms with Crippen molar-refractivity contribution in [1.82, 2.24) is 9.78 Å². The molecule has 6 nitrogen and oxygen atoms in total. The van der Waals surface area contributed by atoms with Crippen molar-refractivity contribution in [2.75, 3.05) is 14.2 Å². The summed E-state index contributed by atoms with van der Waals surface area (Å²) in [6.07, 6.45) is 0. The zero-order valence-electron chi connectivity index (χ0n) is 16.0. The molecule has 8 heteroatoms. The number of ether oxygens (including phenoxy) is 2. The van der Waals surface area contributed by atoms with Gasteiger partial charge in [0.1, 0.15) is 11.3 Å². The van der Waals surface area contributed by atoms with Crippen molar-refractivity contribution >= 4 is 11.9 Å². The van der Waals surface area contributed by atoms with Crippen LogP contribution in [0.3, 0.4) is 0 Å². The van der Waals surface area contributed by atoms with Gasteiger partial charge in [-0.05, 0) is 12.1 Å². The lowest BCUT2D eigenvalue weighted by atomic mass is 10.0. The summed E-state index contributed by atoms with van der Waals surface area (Å²) in [5.41, 5.74) is 0.590. The molecule has 1 heterocycles. The predicted octanol–water partition coefficient (Wildman–Crippen LogP) is 4.22. The van der Waals surface area contributed by atoms with E-state index < -0.39 is 17.9 Å². The number of methoxy groups -OCH3 is 2. The molecule has 0 atom stereocenters. The van der Waals surface area contributed by atoms with Crippen LogP contribution in [0.25, 0.3) is 16.9 Å². The first-order valence-corrected chi connectivity index (χ1v) is 8.61. The first-order valence-electron chi connectivity index (χ1n) is 8.61. The molecule has 0 bridgehead atoms. The number of hydrogen-bond acceptors (Lipinski definition) is 5. The van der Waals surface area contributed by atoms with Crippen molar-refractivity contribution in [2.45, 2.75) is 12.8 Å². The standard InChI is InChI=1S/C21H18F2N2O4/c1-21(22,23)14-11-9-13(10-12-14)17-16(19(26)28-2)18(20(27)29-3)25(24-17)15-7-5-4-6-8-15/h4-12H,1-3H3. The van der Waals surface area contributed by atoms with Crippen molar-refractivity contribution in [1.29, 1.82) is 0 Å². The van der Waals surface area contributed by atoms with Crippen LogP contribution in [-0.2, 0) is 15.4 Å². The first-order chi connectivity index (χ1) is 13.8. The Labute approximate surface area is 165 Å². The summed E-state index contributed by atoms with van der Waals surface area (Å²) in [5.74, 6) is -4.60. The third-order valence-corrected chi connectivity index (χ3v) is 4.32. The summed E-state index contributed by atoms with van der Waals surface area (Å²) in [4.78, 5) is 25.0. The second-order valence-corrected chi connectivity index (χ2v) is 6.27. The topological polar surface area (TPSA) is 70.4 Å². The molecule has 0 saturated carbocycles. The summed E-state index contributed by atoms with van der Waals surface area (Å²) in [6, 6.07) is 14.0. The van der Waals surface area contributed by atoms with Crippen LogP contribution in [0.1, 0.15) is 33.3 Å². The van der Waals surface area contributed by atoms with Crippen molar-refractivity contribution in [2.24, 2.45) is 0 Å². The molecule has 0 fully saturated rings. The molecule has 3 aromatic rings. The number of benzene rings is 2. The molecule has 0 amide bonds.